The summed E-state index contributed by atoms with van der Waals surface area (Å²) in [6, 6.07) is 4.11. The first-order chi connectivity index (χ1) is 13.6. The van der Waals surface area contributed by atoms with E-state index in [9.17, 15) is 4.79 Å². The molecule has 2 aromatic heterocycles. The SMILES string of the molecule is CCn1cc(CN2CCCC(N(Cc3cccnc3)C(=O)COC)C2)c(C)n1. The van der Waals surface area contributed by atoms with Gasteiger partial charge in [0.25, 0.3) is 0 Å². The minimum Gasteiger partial charge on any atom is -0.375 e. The van der Waals surface area contributed by atoms with Crippen molar-refractivity contribution in [2.45, 2.75) is 52.4 Å². The molecule has 1 fully saturated rings. The third-order valence-electron chi connectivity index (χ3n) is 5.35. The van der Waals surface area contributed by atoms with Gasteiger partial charge >= 0.3 is 0 Å². The van der Waals surface area contributed by atoms with Crippen LogP contribution in [-0.2, 0) is 29.2 Å². The Labute approximate surface area is 167 Å². The molecule has 0 saturated carbocycles. The molecule has 0 radical (unpaired) electrons. The summed E-state index contributed by atoms with van der Waals surface area (Å²) >= 11 is 0. The van der Waals surface area contributed by atoms with Crippen LogP contribution in [0.15, 0.2) is 30.7 Å². The lowest BCUT2D eigenvalue weighted by Gasteiger charge is -2.39. The van der Waals surface area contributed by atoms with Crippen molar-refractivity contribution in [3.63, 3.8) is 0 Å². The lowest BCUT2D eigenvalue weighted by atomic mass is 10.0. The van der Waals surface area contributed by atoms with Crippen LogP contribution in [0.3, 0.4) is 0 Å². The number of amides is 1. The molecule has 0 aromatic carbocycles. The van der Waals surface area contributed by atoms with E-state index in [0.29, 0.717) is 6.54 Å². The van der Waals surface area contributed by atoms with Crippen molar-refractivity contribution in [2.24, 2.45) is 0 Å². The molecule has 1 atom stereocenters. The maximum absolute atomic E-state index is 12.8. The van der Waals surface area contributed by atoms with E-state index in [0.717, 1.165) is 50.3 Å². The van der Waals surface area contributed by atoms with Crippen LogP contribution >= 0.6 is 0 Å². The number of pyridine rings is 1. The minimum absolute atomic E-state index is 0.0354. The summed E-state index contributed by atoms with van der Waals surface area (Å²) < 4.78 is 7.12. The largest absolute Gasteiger partial charge is 0.375 e. The van der Waals surface area contributed by atoms with E-state index in [1.165, 1.54) is 5.56 Å². The van der Waals surface area contributed by atoms with Crippen LogP contribution in [0.1, 0.15) is 36.6 Å². The lowest BCUT2D eigenvalue weighted by molar-refractivity contribution is -0.139. The summed E-state index contributed by atoms with van der Waals surface area (Å²) in [5.41, 5.74) is 3.40. The Bertz CT molecular complexity index is 761. The highest BCUT2D eigenvalue weighted by atomic mass is 16.5. The number of hydrogen-bond donors (Lipinski definition) is 0. The van der Waals surface area contributed by atoms with Crippen LogP contribution in [0.2, 0.25) is 0 Å². The Kier molecular flexibility index (Phi) is 7.17. The second kappa shape index (κ2) is 9.80. The predicted octanol–water partition coefficient (Wildman–Crippen LogP) is 2.25. The van der Waals surface area contributed by atoms with Crippen LogP contribution in [0, 0.1) is 6.92 Å². The zero-order chi connectivity index (χ0) is 19.9. The molecule has 7 heteroatoms. The van der Waals surface area contributed by atoms with Gasteiger partial charge in [-0.1, -0.05) is 6.07 Å². The highest BCUT2D eigenvalue weighted by Gasteiger charge is 2.29. The molecule has 0 N–H and O–H groups in total. The summed E-state index contributed by atoms with van der Waals surface area (Å²) in [4.78, 5) is 21.4. The van der Waals surface area contributed by atoms with Crippen LogP contribution < -0.4 is 0 Å². The van der Waals surface area contributed by atoms with E-state index in [-0.39, 0.29) is 18.6 Å². The van der Waals surface area contributed by atoms with Crippen molar-refractivity contribution in [3.8, 4) is 0 Å². The van der Waals surface area contributed by atoms with Crippen LogP contribution in [0.25, 0.3) is 0 Å². The lowest BCUT2D eigenvalue weighted by Crippen LogP contribution is -2.50. The van der Waals surface area contributed by atoms with Gasteiger partial charge in [-0.3, -0.25) is 19.4 Å². The van der Waals surface area contributed by atoms with Crippen LogP contribution in [0.4, 0.5) is 0 Å². The molecule has 0 aliphatic carbocycles. The first-order valence-electron chi connectivity index (χ1n) is 10.0. The summed E-state index contributed by atoms with van der Waals surface area (Å²) in [6.45, 7) is 8.53. The van der Waals surface area contributed by atoms with E-state index in [2.05, 4.69) is 35.0 Å². The molecule has 0 bridgehead atoms. The zero-order valence-electron chi connectivity index (χ0n) is 17.2. The minimum atomic E-state index is 0.0354. The Morgan fingerprint density at radius 2 is 2.29 bits per heavy atom. The standard InChI is InChI=1S/C21H31N5O2/c1-4-25-14-19(17(2)23-25)13-24-10-6-8-20(15-24)26(21(27)16-28-3)12-18-7-5-9-22-11-18/h5,7,9,11,14,20H,4,6,8,10,12-13,15-16H2,1-3H3. The number of hydrogen-bond acceptors (Lipinski definition) is 5. The maximum Gasteiger partial charge on any atom is 0.249 e. The number of aryl methyl sites for hydroxylation is 2. The molecule has 3 rings (SSSR count). The monoisotopic (exact) mass is 385 g/mol. The average Bonchev–Trinajstić information content (AvgIpc) is 3.07. The summed E-state index contributed by atoms with van der Waals surface area (Å²) in [6.07, 6.45) is 7.82. The second-order valence-corrected chi connectivity index (χ2v) is 7.44. The van der Waals surface area contributed by atoms with Crippen molar-refractivity contribution >= 4 is 5.91 Å². The molecule has 28 heavy (non-hydrogen) atoms. The van der Waals surface area contributed by atoms with Gasteiger partial charge in [0.15, 0.2) is 0 Å². The molecule has 1 unspecified atom stereocenters. The number of nitrogens with zero attached hydrogens (tertiary/aromatic N) is 5. The van der Waals surface area contributed by atoms with Gasteiger partial charge in [-0.25, -0.2) is 0 Å². The molecule has 7 nitrogen and oxygen atoms in total. The van der Waals surface area contributed by atoms with E-state index in [1.54, 1.807) is 13.3 Å². The quantitative estimate of drug-likeness (QED) is 0.697. The normalized spacial score (nSPS) is 17.6. The number of ether oxygens (including phenoxy) is 1. The Hall–Kier alpha value is -2.25. The summed E-state index contributed by atoms with van der Waals surface area (Å²) in [5, 5.41) is 4.56. The second-order valence-electron chi connectivity index (χ2n) is 7.44. The number of likely N-dealkylation sites (tertiary alicyclic amines) is 1. The van der Waals surface area contributed by atoms with Gasteiger partial charge in [0.05, 0.1) is 5.69 Å². The highest BCUT2D eigenvalue weighted by Crippen LogP contribution is 2.21. The molecule has 1 saturated heterocycles. The Morgan fingerprint density at radius 3 is 2.96 bits per heavy atom. The van der Waals surface area contributed by atoms with E-state index in [4.69, 9.17) is 4.74 Å². The van der Waals surface area contributed by atoms with Gasteiger partial charge in [-0.05, 0) is 44.9 Å². The van der Waals surface area contributed by atoms with Gasteiger partial charge in [-0.15, -0.1) is 0 Å². The molecule has 0 spiro atoms. The smallest absolute Gasteiger partial charge is 0.249 e. The molecule has 1 aliphatic rings. The number of piperidine rings is 1. The first kappa shape index (κ1) is 20.5. The molecular weight excluding hydrogens is 354 g/mol. The topological polar surface area (TPSA) is 63.5 Å². The maximum atomic E-state index is 12.8. The van der Waals surface area contributed by atoms with E-state index < -0.39 is 0 Å². The molecule has 1 aliphatic heterocycles. The third kappa shape index (κ3) is 5.17. The van der Waals surface area contributed by atoms with Crippen molar-refractivity contribution in [2.75, 3.05) is 26.8 Å². The molecule has 152 valence electrons. The summed E-state index contributed by atoms with van der Waals surface area (Å²) in [5.74, 6) is 0.0354. The number of carbonyl (C=O) groups is 1. The highest BCUT2D eigenvalue weighted by molar-refractivity contribution is 5.77. The van der Waals surface area contributed by atoms with Gasteiger partial charge < -0.3 is 9.64 Å². The average molecular weight is 386 g/mol. The zero-order valence-corrected chi connectivity index (χ0v) is 17.2. The van der Waals surface area contributed by atoms with Crippen LogP contribution in [-0.4, -0.2) is 63.3 Å². The first-order valence-corrected chi connectivity index (χ1v) is 10.0. The molecule has 1 amide bonds. The van der Waals surface area contributed by atoms with Gasteiger partial charge in [0.2, 0.25) is 5.91 Å². The van der Waals surface area contributed by atoms with Crippen LogP contribution in [0.5, 0.6) is 0 Å². The number of carbonyl (C=O) groups excluding carboxylic acids is 1. The van der Waals surface area contributed by atoms with Gasteiger partial charge in [-0.2, -0.15) is 5.10 Å². The third-order valence-corrected chi connectivity index (χ3v) is 5.35. The fourth-order valence-corrected chi connectivity index (χ4v) is 3.86. The fourth-order valence-electron chi connectivity index (χ4n) is 3.86. The Balaban J connectivity index is 1.70. The molecule has 3 heterocycles. The van der Waals surface area contributed by atoms with Gasteiger partial charge in [0, 0.05) is 63.5 Å². The predicted molar refractivity (Wildman–Crippen MR) is 108 cm³/mol. The van der Waals surface area contributed by atoms with Crippen molar-refractivity contribution in [1.29, 1.82) is 0 Å². The molecular formula is C21H31N5O2. The summed E-state index contributed by atoms with van der Waals surface area (Å²) in [7, 11) is 1.57. The van der Waals surface area contributed by atoms with Crippen molar-refractivity contribution in [1.82, 2.24) is 24.6 Å². The number of aromatic nitrogens is 3. The number of methoxy groups -OCH3 is 1. The van der Waals surface area contributed by atoms with E-state index in [1.807, 2.05) is 27.9 Å². The van der Waals surface area contributed by atoms with Gasteiger partial charge in [0.1, 0.15) is 6.61 Å². The van der Waals surface area contributed by atoms with E-state index >= 15 is 0 Å². The van der Waals surface area contributed by atoms with Crippen molar-refractivity contribution in [3.05, 3.63) is 47.5 Å². The number of rotatable bonds is 8. The fraction of sp³-hybridized carbons (Fsp3) is 0.571. The van der Waals surface area contributed by atoms with Crippen molar-refractivity contribution < 1.29 is 9.53 Å². The molecule has 2 aromatic rings. The Morgan fingerprint density at radius 1 is 1.43 bits per heavy atom.